The van der Waals surface area contributed by atoms with Gasteiger partial charge in [-0.05, 0) is 60.2 Å². The highest BCUT2D eigenvalue weighted by Gasteiger charge is 2.17. The number of hydrogen-bond acceptors (Lipinski definition) is 8. The third kappa shape index (κ3) is 6.60. The van der Waals surface area contributed by atoms with E-state index in [0.29, 0.717) is 49.7 Å². The second-order valence-electron chi connectivity index (χ2n) is 8.07. The molecule has 4 aromatic rings. The van der Waals surface area contributed by atoms with E-state index in [1.807, 2.05) is 24.3 Å². The molecule has 1 N–H and O–H groups in total. The fourth-order valence-electron chi connectivity index (χ4n) is 3.68. The first-order valence-corrected chi connectivity index (χ1v) is 12.3. The maximum atomic E-state index is 12.9. The molecule has 0 saturated heterocycles. The number of nitrogens with one attached hydrogen (secondary N) is 1. The molecule has 0 bridgehead atoms. The molecule has 0 atom stereocenters. The molecule has 0 saturated carbocycles. The third-order valence-corrected chi connectivity index (χ3v) is 6.33. The van der Waals surface area contributed by atoms with Gasteiger partial charge in [-0.1, -0.05) is 23.2 Å². The van der Waals surface area contributed by atoms with Crippen molar-refractivity contribution >= 4 is 52.3 Å². The summed E-state index contributed by atoms with van der Waals surface area (Å²) in [5.74, 6) is 1.09. The number of benzene rings is 3. The Balaban J connectivity index is 1.53. The zero-order chi connectivity index (χ0) is 27.9. The summed E-state index contributed by atoms with van der Waals surface area (Å²) in [7, 11) is 4.33. The van der Waals surface area contributed by atoms with Crippen molar-refractivity contribution in [1.29, 1.82) is 0 Å². The number of fused-ring (bicyclic) bond motifs is 1. The van der Waals surface area contributed by atoms with Gasteiger partial charge in [0.05, 0.1) is 48.6 Å². The van der Waals surface area contributed by atoms with Crippen LogP contribution in [0.3, 0.4) is 0 Å². The molecule has 0 spiro atoms. The summed E-state index contributed by atoms with van der Waals surface area (Å²) >= 11 is 12.5. The predicted molar refractivity (Wildman–Crippen MR) is 148 cm³/mol. The number of ether oxygens (including phenoxy) is 4. The number of rotatable bonds is 10. The smallest absolute Gasteiger partial charge is 0.343 e. The zero-order valence-electron chi connectivity index (χ0n) is 21.2. The van der Waals surface area contributed by atoms with Crippen molar-refractivity contribution < 1.29 is 28.5 Å². The van der Waals surface area contributed by atoms with Crippen molar-refractivity contribution in [3.05, 3.63) is 70.2 Å². The minimum absolute atomic E-state index is 0.0865. The van der Waals surface area contributed by atoms with E-state index in [9.17, 15) is 9.59 Å². The average Bonchev–Trinajstić information content (AvgIpc) is 3.28. The minimum atomic E-state index is -0.517. The van der Waals surface area contributed by atoms with Crippen LogP contribution in [0.5, 0.6) is 17.2 Å². The molecule has 4 rings (SSSR count). The van der Waals surface area contributed by atoms with Gasteiger partial charge in [0.1, 0.15) is 18.1 Å². The summed E-state index contributed by atoms with van der Waals surface area (Å²) in [6.07, 6.45) is 1.46. The van der Waals surface area contributed by atoms with Crippen molar-refractivity contribution in [2.75, 3.05) is 27.9 Å². The second-order valence-corrected chi connectivity index (χ2v) is 8.89. The van der Waals surface area contributed by atoms with Crippen LogP contribution in [-0.4, -0.2) is 55.6 Å². The second kappa shape index (κ2) is 12.5. The fourth-order valence-corrected chi connectivity index (χ4v) is 3.99. The van der Waals surface area contributed by atoms with E-state index < -0.39 is 11.9 Å². The summed E-state index contributed by atoms with van der Waals surface area (Å²) in [6.45, 7) is -0.341. The molecule has 0 aliphatic heterocycles. The van der Waals surface area contributed by atoms with Gasteiger partial charge in [0.25, 0.3) is 5.91 Å². The summed E-state index contributed by atoms with van der Waals surface area (Å²) in [4.78, 5) is 28.9. The Kier molecular flexibility index (Phi) is 8.90. The topological polar surface area (TPSA) is 113 Å². The number of amides is 1. The van der Waals surface area contributed by atoms with Crippen molar-refractivity contribution in [3.8, 4) is 28.6 Å². The van der Waals surface area contributed by atoms with Crippen molar-refractivity contribution in [3.63, 3.8) is 0 Å². The van der Waals surface area contributed by atoms with E-state index in [2.05, 4.69) is 20.2 Å². The van der Waals surface area contributed by atoms with Crippen LogP contribution in [0, 0.1) is 0 Å². The number of carbonyl (C=O) groups is 2. The molecular weight excluding hydrogens is 547 g/mol. The first-order valence-electron chi connectivity index (χ1n) is 11.5. The van der Waals surface area contributed by atoms with Gasteiger partial charge in [-0.25, -0.2) is 15.2 Å². The molecule has 0 unspecified atom stereocenters. The average molecular weight is 571 g/mol. The van der Waals surface area contributed by atoms with Crippen LogP contribution in [0.25, 0.3) is 22.4 Å². The Bertz CT molecular complexity index is 1540. The zero-order valence-corrected chi connectivity index (χ0v) is 22.7. The lowest BCUT2D eigenvalue weighted by Gasteiger charge is -2.10. The number of esters is 1. The monoisotopic (exact) mass is 570 g/mol. The quantitative estimate of drug-likeness (QED) is 0.166. The number of imidazole rings is 1. The van der Waals surface area contributed by atoms with Crippen LogP contribution in [0.15, 0.2) is 59.7 Å². The number of methoxy groups -OCH3 is 3. The number of carbonyl (C=O) groups excluding carboxylic acids is 2. The van der Waals surface area contributed by atoms with Crippen LogP contribution in [0.2, 0.25) is 10.0 Å². The van der Waals surface area contributed by atoms with Crippen LogP contribution in [0.4, 0.5) is 0 Å². The van der Waals surface area contributed by atoms with E-state index in [4.69, 9.17) is 37.4 Å². The molecule has 0 radical (unpaired) electrons. The third-order valence-electron chi connectivity index (χ3n) is 5.60. The number of hydrogen-bond donors (Lipinski definition) is 1. The summed E-state index contributed by atoms with van der Waals surface area (Å²) in [5, 5.41) is 4.77. The van der Waals surface area contributed by atoms with Gasteiger partial charge in [-0.15, -0.1) is 0 Å². The molecule has 12 heteroatoms. The highest BCUT2D eigenvalue weighted by molar-refractivity contribution is 6.42. The highest BCUT2D eigenvalue weighted by Crippen LogP contribution is 2.32. The molecule has 202 valence electrons. The van der Waals surface area contributed by atoms with E-state index in [0.717, 1.165) is 5.56 Å². The van der Waals surface area contributed by atoms with Gasteiger partial charge >= 0.3 is 5.97 Å². The Labute approximate surface area is 234 Å². The minimum Gasteiger partial charge on any atom is -0.497 e. The van der Waals surface area contributed by atoms with Crippen LogP contribution >= 0.6 is 23.2 Å². The van der Waals surface area contributed by atoms with Gasteiger partial charge in [-0.2, -0.15) is 5.10 Å². The SMILES string of the molecule is COC(=O)COc1ccc(C=NNC(=O)Cn2c(-c3ccc(OC)cc3)nc3cc(Cl)c(Cl)cc32)cc1OC. The maximum Gasteiger partial charge on any atom is 0.343 e. The van der Waals surface area contributed by atoms with Gasteiger partial charge in [-0.3, -0.25) is 4.79 Å². The van der Waals surface area contributed by atoms with Crippen LogP contribution in [0.1, 0.15) is 5.56 Å². The van der Waals surface area contributed by atoms with Gasteiger partial charge in [0, 0.05) is 5.56 Å². The number of aromatic nitrogens is 2. The van der Waals surface area contributed by atoms with Gasteiger partial charge in [0.2, 0.25) is 0 Å². The molecule has 10 nitrogen and oxygen atoms in total. The number of hydrazone groups is 1. The molecule has 0 fully saturated rings. The molecule has 3 aromatic carbocycles. The van der Waals surface area contributed by atoms with Crippen molar-refractivity contribution in [2.24, 2.45) is 5.10 Å². The lowest BCUT2D eigenvalue weighted by Crippen LogP contribution is -2.23. The van der Waals surface area contributed by atoms with Crippen LogP contribution in [-0.2, 0) is 20.9 Å². The predicted octanol–water partition coefficient (Wildman–Crippen LogP) is 4.73. The lowest BCUT2D eigenvalue weighted by atomic mass is 10.2. The van der Waals surface area contributed by atoms with E-state index in [1.165, 1.54) is 20.4 Å². The number of halogens is 2. The first-order chi connectivity index (χ1) is 18.8. The van der Waals surface area contributed by atoms with Gasteiger partial charge in [0.15, 0.2) is 18.1 Å². The summed E-state index contributed by atoms with van der Waals surface area (Å²) in [6, 6.07) is 15.6. The molecular formula is C27H24Cl2N4O6. The van der Waals surface area contributed by atoms with E-state index >= 15 is 0 Å². The van der Waals surface area contributed by atoms with Crippen molar-refractivity contribution in [2.45, 2.75) is 6.54 Å². The summed E-state index contributed by atoms with van der Waals surface area (Å²) in [5.41, 5.74) is 5.16. The summed E-state index contributed by atoms with van der Waals surface area (Å²) < 4.78 is 22.3. The lowest BCUT2D eigenvalue weighted by molar-refractivity contribution is -0.142. The molecule has 39 heavy (non-hydrogen) atoms. The number of nitrogens with zero attached hydrogens (tertiary/aromatic N) is 3. The molecule has 1 heterocycles. The standard InChI is InChI=1S/C27H24Cl2N4O6/c1-36-18-7-5-17(6-8-18)27-31-21-11-19(28)20(29)12-22(21)33(27)14-25(34)32-30-13-16-4-9-23(24(10-16)37-2)39-15-26(35)38-3/h4-13H,14-15H2,1-3H3,(H,32,34). The Hall–Kier alpha value is -4.28. The largest absolute Gasteiger partial charge is 0.497 e. The fraction of sp³-hybridized carbons (Fsp3) is 0.185. The molecule has 0 aliphatic carbocycles. The Morgan fingerprint density at radius 2 is 1.72 bits per heavy atom. The van der Waals surface area contributed by atoms with E-state index in [-0.39, 0.29) is 13.2 Å². The molecule has 0 aliphatic rings. The van der Waals surface area contributed by atoms with E-state index in [1.54, 1.807) is 42.0 Å². The maximum absolute atomic E-state index is 12.9. The molecule has 1 amide bonds. The normalized spacial score (nSPS) is 11.0. The highest BCUT2D eigenvalue weighted by atomic mass is 35.5. The van der Waals surface area contributed by atoms with Crippen LogP contribution < -0.4 is 19.6 Å². The Morgan fingerprint density at radius 1 is 0.974 bits per heavy atom. The first kappa shape index (κ1) is 27.7. The Morgan fingerprint density at radius 3 is 2.41 bits per heavy atom. The molecule has 1 aromatic heterocycles. The van der Waals surface area contributed by atoms with Gasteiger partial charge < -0.3 is 23.5 Å². The van der Waals surface area contributed by atoms with Crippen molar-refractivity contribution in [1.82, 2.24) is 15.0 Å².